The zero-order valence-corrected chi connectivity index (χ0v) is 7.59. The molecule has 2 aliphatic heterocycles. The molecule has 0 spiro atoms. The van der Waals surface area contributed by atoms with Crippen LogP contribution in [0.3, 0.4) is 0 Å². The van der Waals surface area contributed by atoms with E-state index in [1.54, 1.807) is 13.4 Å². The first-order chi connectivity index (χ1) is 6.36. The summed E-state index contributed by atoms with van der Waals surface area (Å²) in [5, 5.41) is 9.17. The Morgan fingerprint density at radius 1 is 1.46 bits per heavy atom. The van der Waals surface area contributed by atoms with Crippen molar-refractivity contribution in [2.45, 2.75) is 12.2 Å². The zero-order chi connectivity index (χ0) is 9.26. The van der Waals surface area contributed by atoms with E-state index < -0.39 is 0 Å². The molecule has 1 fully saturated rings. The van der Waals surface area contributed by atoms with Crippen LogP contribution >= 0.6 is 0 Å². The lowest BCUT2D eigenvalue weighted by Gasteiger charge is -2.19. The number of hydrogen-bond acceptors (Lipinski definition) is 3. The van der Waals surface area contributed by atoms with Gasteiger partial charge in [-0.05, 0) is 6.08 Å². The van der Waals surface area contributed by atoms with Crippen molar-refractivity contribution in [3.63, 3.8) is 0 Å². The van der Waals surface area contributed by atoms with E-state index in [1.807, 2.05) is 12.2 Å². The van der Waals surface area contributed by atoms with Crippen LogP contribution in [0.2, 0.25) is 0 Å². The lowest BCUT2D eigenvalue weighted by Crippen LogP contribution is -2.25. The summed E-state index contributed by atoms with van der Waals surface area (Å²) in [6, 6.07) is 0. The average Bonchev–Trinajstić information content (AvgIpc) is 2.73. The summed E-state index contributed by atoms with van der Waals surface area (Å²) in [4.78, 5) is 0. The molecule has 0 aromatic rings. The van der Waals surface area contributed by atoms with E-state index in [1.165, 1.54) is 0 Å². The second-order valence-corrected chi connectivity index (χ2v) is 3.44. The Morgan fingerprint density at radius 3 is 2.92 bits per heavy atom. The Hall–Kier alpha value is -0.800. The molecule has 0 aromatic heterocycles. The zero-order valence-electron chi connectivity index (χ0n) is 7.59. The van der Waals surface area contributed by atoms with Gasteiger partial charge in [0.15, 0.2) is 0 Å². The van der Waals surface area contributed by atoms with Crippen LogP contribution in [0.15, 0.2) is 24.5 Å². The van der Waals surface area contributed by atoms with Crippen LogP contribution in [0.1, 0.15) is 0 Å². The molecule has 0 aromatic carbocycles. The Labute approximate surface area is 77.7 Å². The minimum absolute atomic E-state index is 0.0986. The standard InChI is InChI=1S/C10H14O3/c1-12-5-4-7-8(6-11)10-3-2-9(7)13-10/h2-5,7-11H,6H2,1H3/b5-4+/t7?,8-,9-,10+/m0/s1. The number of hydrogen-bond donors (Lipinski definition) is 1. The highest BCUT2D eigenvalue weighted by Crippen LogP contribution is 2.39. The SMILES string of the molecule is CO/C=C/C1[C@@H]2C=C[C@@H](O2)[C@H]1CO. The van der Waals surface area contributed by atoms with Crippen molar-refractivity contribution < 1.29 is 14.6 Å². The Bertz CT molecular complexity index is 234. The van der Waals surface area contributed by atoms with Gasteiger partial charge in [0, 0.05) is 18.4 Å². The third-order valence-electron chi connectivity index (χ3n) is 2.75. The molecule has 3 heteroatoms. The average molecular weight is 182 g/mol. The second-order valence-electron chi connectivity index (χ2n) is 3.44. The highest BCUT2D eigenvalue weighted by Gasteiger charge is 2.43. The van der Waals surface area contributed by atoms with Gasteiger partial charge in [-0.25, -0.2) is 0 Å². The van der Waals surface area contributed by atoms with Crippen LogP contribution in [0, 0.1) is 11.8 Å². The van der Waals surface area contributed by atoms with Crippen molar-refractivity contribution in [1.29, 1.82) is 0 Å². The number of fused-ring (bicyclic) bond motifs is 2. The van der Waals surface area contributed by atoms with Crippen molar-refractivity contribution in [2.75, 3.05) is 13.7 Å². The van der Waals surface area contributed by atoms with Crippen molar-refractivity contribution in [1.82, 2.24) is 0 Å². The van der Waals surface area contributed by atoms with Gasteiger partial charge in [0.05, 0.1) is 25.6 Å². The largest absolute Gasteiger partial charge is 0.505 e. The van der Waals surface area contributed by atoms with Crippen LogP contribution < -0.4 is 0 Å². The third kappa shape index (κ3) is 1.38. The Kier molecular flexibility index (Phi) is 2.38. The number of aliphatic hydroxyl groups excluding tert-OH is 1. The maximum Gasteiger partial charge on any atom is 0.0833 e. The smallest absolute Gasteiger partial charge is 0.0833 e. The maximum absolute atomic E-state index is 9.17. The molecule has 0 radical (unpaired) electrons. The van der Waals surface area contributed by atoms with Gasteiger partial charge in [0.2, 0.25) is 0 Å². The fraction of sp³-hybridized carbons (Fsp3) is 0.600. The van der Waals surface area contributed by atoms with Crippen LogP contribution in [-0.2, 0) is 9.47 Å². The summed E-state index contributed by atoms with van der Waals surface area (Å²) in [5.74, 6) is 0.460. The topological polar surface area (TPSA) is 38.7 Å². The minimum Gasteiger partial charge on any atom is -0.505 e. The summed E-state index contributed by atoms with van der Waals surface area (Å²) >= 11 is 0. The lowest BCUT2D eigenvalue weighted by molar-refractivity contribution is 0.0943. The molecule has 72 valence electrons. The first kappa shape index (κ1) is 8.78. The van der Waals surface area contributed by atoms with Crippen molar-refractivity contribution in [3.05, 3.63) is 24.5 Å². The Balaban J connectivity index is 2.09. The van der Waals surface area contributed by atoms with Gasteiger partial charge in [-0.15, -0.1) is 0 Å². The molecule has 4 atom stereocenters. The summed E-state index contributed by atoms with van der Waals surface area (Å²) in [5.41, 5.74) is 0. The van der Waals surface area contributed by atoms with E-state index in [4.69, 9.17) is 14.6 Å². The summed E-state index contributed by atoms with van der Waals surface area (Å²) in [6.07, 6.45) is 7.94. The van der Waals surface area contributed by atoms with Gasteiger partial charge >= 0.3 is 0 Å². The summed E-state index contributed by atoms with van der Waals surface area (Å²) in [7, 11) is 1.62. The van der Waals surface area contributed by atoms with E-state index in [0.717, 1.165) is 0 Å². The van der Waals surface area contributed by atoms with Crippen molar-refractivity contribution in [2.24, 2.45) is 11.8 Å². The second kappa shape index (κ2) is 3.52. The maximum atomic E-state index is 9.17. The molecule has 0 aliphatic carbocycles. The predicted molar refractivity (Wildman–Crippen MR) is 48.0 cm³/mol. The molecule has 3 nitrogen and oxygen atoms in total. The lowest BCUT2D eigenvalue weighted by atomic mass is 9.84. The molecule has 2 heterocycles. The highest BCUT2D eigenvalue weighted by molar-refractivity contribution is 5.18. The molecule has 2 rings (SSSR count). The van der Waals surface area contributed by atoms with Crippen LogP contribution in [-0.4, -0.2) is 31.0 Å². The van der Waals surface area contributed by atoms with Gasteiger partial charge in [-0.1, -0.05) is 12.2 Å². The molecule has 0 amide bonds. The first-order valence-corrected chi connectivity index (χ1v) is 4.51. The number of aliphatic hydroxyl groups is 1. The third-order valence-corrected chi connectivity index (χ3v) is 2.75. The molecule has 2 bridgehead atoms. The van der Waals surface area contributed by atoms with Crippen LogP contribution in [0.25, 0.3) is 0 Å². The fourth-order valence-electron chi connectivity index (χ4n) is 2.06. The molecule has 13 heavy (non-hydrogen) atoms. The molecular formula is C10H14O3. The molecule has 1 unspecified atom stereocenters. The Morgan fingerprint density at radius 2 is 2.23 bits per heavy atom. The van der Waals surface area contributed by atoms with E-state index >= 15 is 0 Å². The monoisotopic (exact) mass is 182 g/mol. The summed E-state index contributed by atoms with van der Waals surface area (Å²) < 4.78 is 10.5. The van der Waals surface area contributed by atoms with Gasteiger partial charge < -0.3 is 14.6 Å². The van der Waals surface area contributed by atoms with Gasteiger partial charge in [-0.2, -0.15) is 0 Å². The minimum atomic E-state index is 0.0986. The number of rotatable bonds is 3. The quantitative estimate of drug-likeness (QED) is 0.516. The molecule has 1 saturated heterocycles. The van der Waals surface area contributed by atoms with Crippen molar-refractivity contribution in [3.8, 4) is 0 Å². The summed E-state index contributed by atoms with van der Waals surface area (Å²) in [6.45, 7) is 0.171. The van der Waals surface area contributed by atoms with Crippen molar-refractivity contribution >= 4 is 0 Å². The van der Waals surface area contributed by atoms with Gasteiger partial charge in [0.1, 0.15) is 0 Å². The highest BCUT2D eigenvalue weighted by atomic mass is 16.5. The van der Waals surface area contributed by atoms with Crippen LogP contribution in [0.4, 0.5) is 0 Å². The van der Waals surface area contributed by atoms with E-state index in [2.05, 4.69) is 6.08 Å². The fourth-order valence-corrected chi connectivity index (χ4v) is 2.06. The molecule has 1 N–H and O–H groups in total. The number of methoxy groups -OCH3 is 1. The first-order valence-electron chi connectivity index (χ1n) is 4.51. The van der Waals surface area contributed by atoms with E-state index in [9.17, 15) is 0 Å². The predicted octanol–water partition coefficient (Wildman–Crippen LogP) is 0.708. The number of ether oxygens (including phenoxy) is 2. The molecule has 0 saturated carbocycles. The van der Waals surface area contributed by atoms with Crippen LogP contribution in [0.5, 0.6) is 0 Å². The normalized spacial score (nSPS) is 42.0. The van der Waals surface area contributed by atoms with Gasteiger partial charge in [-0.3, -0.25) is 0 Å². The van der Waals surface area contributed by atoms with Gasteiger partial charge in [0.25, 0.3) is 0 Å². The van der Waals surface area contributed by atoms with E-state index in [-0.39, 0.29) is 30.7 Å². The molecular weight excluding hydrogens is 168 g/mol. The van der Waals surface area contributed by atoms with E-state index in [0.29, 0.717) is 0 Å². The molecule has 2 aliphatic rings.